The van der Waals surface area contributed by atoms with E-state index in [4.69, 9.17) is 5.73 Å². The van der Waals surface area contributed by atoms with Crippen molar-refractivity contribution in [3.8, 4) is 0 Å². The van der Waals surface area contributed by atoms with Crippen LogP contribution in [0.3, 0.4) is 0 Å². The van der Waals surface area contributed by atoms with Gasteiger partial charge in [0.2, 0.25) is 0 Å². The summed E-state index contributed by atoms with van der Waals surface area (Å²) in [6, 6.07) is 2.83. The number of aromatic nitrogens is 1. The molecule has 0 spiro atoms. The quantitative estimate of drug-likeness (QED) is 0.510. The van der Waals surface area contributed by atoms with Crippen molar-refractivity contribution in [2.24, 2.45) is 0 Å². The van der Waals surface area contributed by atoms with Gasteiger partial charge in [0, 0.05) is 12.1 Å². The van der Waals surface area contributed by atoms with Crippen LogP contribution in [-0.4, -0.2) is 4.98 Å². The van der Waals surface area contributed by atoms with Gasteiger partial charge in [-0.1, -0.05) is 0 Å². The standard InChI is InChI=1S/C5H5IN2O/c6-4-1-3(9)2-5(7)8-4/h1-2H,(H3,7,8,9). The molecule has 1 aromatic rings. The third-order valence-corrected chi connectivity index (χ3v) is 1.41. The number of aromatic amines is 1. The van der Waals surface area contributed by atoms with Gasteiger partial charge in [0.1, 0.15) is 5.82 Å². The second kappa shape index (κ2) is 2.38. The van der Waals surface area contributed by atoms with Crippen molar-refractivity contribution in [3.63, 3.8) is 0 Å². The molecule has 0 aromatic carbocycles. The van der Waals surface area contributed by atoms with Gasteiger partial charge in [-0.3, -0.25) is 4.79 Å². The first-order valence-corrected chi connectivity index (χ1v) is 3.42. The van der Waals surface area contributed by atoms with Gasteiger partial charge >= 0.3 is 0 Å². The number of rotatable bonds is 0. The number of H-pyrrole nitrogens is 1. The summed E-state index contributed by atoms with van der Waals surface area (Å²) in [5.41, 5.74) is 5.24. The van der Waals surface area contributed by atoms with Crippen molar-refractivity contribution in [2.75, 3.05) is 5.73 Å². The molecule has 0 fully saturated rings. The molecule has 0 saturated carbocycles. The molecular weight excluding hydrogens is 231 g/mol. The van der Waals surface area contributed by atoms with E-state index >= 15 is 0 Å². The fourth-order valence-corrected chi connectivity index (χ4v) is 1.15. The minimum atomic E-state index is -0.0596. The molecule has 0 aliphatic carbocycles. The lowest BCUT2D eigenvalue weighted by Crippen LogP contribution is -2.03. The molecule has 0 atom stereocenters. The van der Waals surface area contributed by atoms with Crippen LogP contribution < -0.4 is 11.2 Å². The van der Waals surface area contributed by atoms with Gasteiger partial charge in [-0.05, 0) is 22.6 Å². The van der Waals surface area contributed by atoms with Crippen molar-refractivity contribution >= 4 is 28.4 Å². The molecule has 0 aliphatic heterocycles. The first-order chi connectivity index (χ1) is 4.18. The molecule has 4 heteroatoms. The maximum atomic E-state index is 10.6. The zero-order chi connectivity index (χ0) is 6.85. The topological polar surface area (TPSA) is 58.9 Å². The molecule has 48 valence electrons. The fourth-order valence-electron chi connectivity index (χ4n) is 0.530. The predicted octanol–water partition coefficient (Wildman–Crippen LogP) is 0.562. The summed E-state index contributed by atoms with van der Waals surface area (Å²) in [5.74, 6) is 0.409. The average Bonchev–Trinajstić information content (AvgIpc) is 1.59. The maximum absolute atomic E-state index is 10.6. The number of hydrogen-bond acceptors (Lipinski definition) is 2. The Morgan fingerprint density at radius 1 is 1.56 bits per heavy atom. The Bertz CT molecular complexity index is 245. The lowest BCUT2D eigenvalue weighted by atomic mass is 10.5. The molecular formula is C5H5IN2O. The summed E-state index contributed by atoms with van der Waals surface area (Å²) in [6.07, 6.45) is 0. The van der Waals surface area contributed by atoms with Crippen LogP contribution in [0.1, 0.15) is 0 Å². The lowest BCUT2D eigenvalue weighted by Gasteiger charge is -1.91. The molecule has 1 heterocycles. The van der Waals surface area contributed by atoms with E-state index < -0.39 is 0 Å². The SMILES string of the molecule is Nc1cc(=O)cc(I)[nH]1. The van der Waals surface area contributed by atoms with Gasteiger partial charge < -0.3 is 10.7 Å². The van der Waals surface area contributed by atoms with Crippen LogP contribution in [0.15, 0.2) is 16.9 Å². The molecule has 0 bridgehead atoms. The Morgan fingerprint density at radius 2 is 2.22 bits per heavy atom. The lowest BCUT2D eigenvalue weighted by molar-refractivity contribution is 1.26. The second-order valence-corrected chi connectivity index (χ2v) is 2.78. The number of nitrogens with one attached hydrogen (secondary N) is 1. The minimum absolute atomic E-state index is 0.0596. The van der Waals surface area contributed by atoms with E-state index in [0.29, 0.717) is 5.82 Å². The zero-order valence-electron chi connectivity index (χ0n) is 4.52. The highest BCUT2D eigenvalue weighted by molar-refractivity contribution is 14.1. The van der Waals surface area contributed by atoms with Crippen LogP contribution in [0.25, 0.3) is 0 Å². The molecule has 0 aliphatic rings. The smallest absolute Gasteiger partial charge is 0.184 e. The Hall–Kier alpha value is -0.520. The number of hydrogen-bond donors (Lipinski definition) is 2. The molecule has 9 heavy (non-hydrogen) atoms. The van der Waals surface area contributed by atoms with Crippen LogP contribution in [0, 0.1) is 3.70 Å². The number of pyridine rings is 1. The van der Waals surface area contributed by atoms with E-state index in [9.17, 15) is 4.79 Å². The Balaban J connectivity index is 3.33. The number of nitrogen functional groups attached to an aromatic ring is 1. The molecule has 0 radical (unpaired) electrons. The summed E-state index contributed by atoms with van der Waals surface area (Å²) >= 11 is 2.00. The molecule has 0 amide bonds. The largest absolute Gasteiger partial charge is 0.385 e. The Labute approximate surface area is 65.4 Å². The van der Waals surface area contributed by atoms with Gasteiger partial charge in [-0.2, -0.15) is 0 Å². The first-order valence-electron chi connectivity index (χ1n) is 2.34. The molecule has 0 saturated heterocycles. The molecule has 1 aromatic heterocycles. The average molecular weight is 236 g/mol. The number of nitrogens with two attached hydrogens (primary N) is 1. The predicted molar refractivity (Wildman–Crippen MR) is 44.2 cm³/mol. The van der Waals surface area contributed by atoms with E-state index in [1.165, 1.54) is 12.1 Å². The van der Waals surface area contributed by atoms with Crippen molar-refractivity contribution < 1.29 is 0 Å². The summed E-state index contributed by atoms with van der Waals surface area (Å²) < 4.78 is 0.762. The Morgan fingerprint density at radius 3 is 2.67 bits per heavy atom. The van der Waals surface area contributed by atoms with E-state index in [2.05, 4.69) is 4.98 Å². The second-order valence-electron chi connectivity index (χ2n) is 1.62. The zero-order valence-corrected chi connectivity index (χ0v) is 6.68. The highest BCUT2D eigenvalue weighted by atomic mass is 127. The summed E-state index contributed by atoms with van der Waals surface area (Å²) in [4.78, 5) is 13.4. The minimum Gasteiger partial charge on any atom is -0.385 e. The van der Waals surface area contributed by atoms with Gasteiger partial charge in [0.25, 0.3) is 0 Å². The monoisotopic (exact) mass is 236 g/mol. The third kappa shape index (κ3) is 1.70. The summed E-state index contributed by atoms with van der Waals surface area (Å²) in [6.45, 7) is 0. The molecule has 3 N–H and O–H groups in total. The summed E-state index contributed by atoms with van der Waals surface area (Å²) in [7, 11) is 0. The van der Waals surface area contributed by atoms with Crippen LogP contribution in [0.2, 0.25) is 0 Å². The van der Waals surface area contributed by atoms with Crippen molar-refractivity contribution in [1.82, 2.24) is 4.98 Å². The molecule has 3 nitrogen and oxygen atoms in total. The van der Waals surface area contributed by atoms with Crippen molar-refractivity contribution in [3.05, 3.63) is 26.1 Å². The Kier molecular flexibility index (Phi) is 1.75. The maximum Gasteiger partial charge on any atom is 0.184 e. The van der Waals surface area contributed by atoms with Gasteiger partial charge in [0.15, 0.2) is 5.43 Å². The van der Waals surface area contributed by atoms with Crippen molar-refractivity contribution in [1.29, 1.82) is 0 Å². The number of halogens is 1. The van der Waals surface area contributed by atoms with Crippen LogP contribution in [0.4, 0.5) is 5.82 Å². The highest BCUT2D eigenvalue weighted by Crippen LogP contribution is 1.97. The van der Waals surface area contributed by atoms with E-state index in [1.807, 2.05) is 22.6 Å². The normalized spacial score (nSPS) is 9.44. The van der Waals surface area contributed by atoms with Crippen LogP contribution in [0.5, 0.6) is 0 Å². The highest BCUT2D eigenvalue weighted by Gasteiger charge is 1.89. The van der Waals surface area contributed by atoms with Gasteiger partial charge in [-0.25, -0.2) is 0 Å². The summed E-state index contributed by atoms with van der Waals surface area (Å²) in [5, 5.41) is 0. The first kappa shape index (κ1) is 6.60. The van der Waals surface area contributed by atoms with Gasteiger partial charge in [-0.15, -0.1) is 0 Å². The van der Waals surface area contributed by atoms with E-state index in [0.717, 1.165) is 3.70 Å². The van der Waals surface area contributed by atoms with E-state index in [-0.39, 0.29) is 5.43 Å². The van der Waals surface area contributed by atoms with Crippen LogP contribution >= 0.6 is 22.6 Å². The fraction of sp³-hybridized carbons (Fsp3) is 0. The number of anilines is 1. The van der Waals surface area contributed by atoms with Crippen molar-refractivity contribution in [2.45, 2.75) is 0 Å². The van der Waals surface area contributed by atoms with Gasteiger partial charge in [0.05, 0.1) is 3.70 Å². The molecule has 1 rings (SSSR count). The van der Waals surface area contributed by atoms with Crippen LogP contribution in [-0.2, 0) is 0 Å². The van der Waals surface area contributed by atoms with E-state index in [1.54, 1.807) is 0 Å². The third-order valence-electron chi connectivity index (χ3n) is 0.830. The molecule has 0 unspecified atom stereocenters.